The van der Waals surface area contributed by atoms with Gasteiger partial charge < -0.3 is 10.1 Å². The third kappa shape index (κ3) is 4.13. The van der Waals surface area contributed by atoms with E-state index < -0.39 is 5.91 Å². The number of nitrogens with one attached hydrogen (secondary N) is 1. The van der Waals surface area contributed by atoms with Gasteiger partial charge >= 0.3 is 0 Å². The number of hydrogen-bond acceptors (Lipinski definition) is 4. The molecule has 0 bridgehead atoms. The monoisotopic (exact) mass is 357 g/mol. The number of amides is 1. The average Bonchev–Trinajstić information content (AvgIpc) is 2.71. The molecule has 0 fully saturated rings. The third-order valence-corrected chi connectivity index (χ3v) is 4.29. The van der Waals surface area contributed by atoms with Crippen LogP contribution in [0.2, 0.25) is 0 Å². The molecule has 5 heteroatoms. The van der Waals surface area contributed by atoms with E-state index in [-0.39, 0.29) is 11.6 Å². The Labute approximate surface area is 157 Å². The number of pyridine rings is 1. The summed E-state index contributed by atoms with van der Waals surface area (Å²) in [5.41, 5.74) is 2.53. The number of para-hydroxylation sites is 1. The van der Waals surface area contributed by atoms with Crippen LogP contribution in [-0.2, 0) is 4.79 Å². The Bertz CT molecular complexity index is 1050. The van der Waals surface area contributed by atoms with E-state index in [0.29, 0.717) is 5.75 Å². The summed E-state index contributed by atoms with van der Waals surface area (Å²) >= 11 is 0. The Morgan fingerprint density at radius 3 is 2.81 bits per heavy atom. The lowest BCUT2D eigenvalue weighted by Gasteiger charge is -2.15. The molecule has 1 N–H and O–H groups in total. The molecule has 1 amide bonds. The Balaban J connectivity index is 1.85. The maximum atomic E-state index is 12.6. The van der Waals surface area contributed by atoms with Gasteiger partial charge in [0.25, 0.3) is 5.91 Å². The van der Waals surface area contributed by atoms with Gasteiger partial charge in [-0.1, -0.05) is 30.3 Å². The zero-order valence-corrected chi connectivity index (χ0v) is 15.1. The number of rotatable bonds is 5. The van der Waals surface area contributed by atoms with Gasteiger partial charge in [-0.15, -0.1) is 0 Å². The first-order chi connectivity index (χ1) is 13.1. The van der Waals surface area contributed by atoms with Crippen LogP contribution in [-0.4, -0.2) is 18.0 Å². The lowest BCUT2D eigenvalue weighted by molar-refractivity contribution is -0.117. The highest BCUT2D eigenvalue weighted by atomic mass is 16.5. The molecule has 0 aliphatic carbocycles. The van der Waals surface area contributed by atoms with Crippen LogP contribution in [0.3, 0.4) is 0 Å². The molecule has 1 aromatic heterocycles. The summed E-state index contributed by atoms with van der Waals surface area (Å²) in [6.07, 6.45) is 3.26. The number of benzene rings is 2. The summed E-state index contributed by atoms with van der Waals surface area (Å²) in [5, 5.41) is 13.2. The average molecular weight is 357 g/mol. The van der Waals surface area contributed by atoms with E-state index in [0.717, 1.165) is 22.0 Å². The van der Waals surface area contributed by atoms with Crippen LogP contribution >= 0.6 is 0 Å². The van der Waals surface area contributed by atoms with Gasteiger partial charge in [-0.2, -0.15) is 5.26 Å². The second-order valence-corrected chi connectivity index (χ2v) is 6.06. The van der Waals surface area contributed by atoms with E-state index >= 15 is 0 Å². The first kappa shape index (κ1) is 18.2. The molecule has 27 heavy (non-hydrogen) atoms. The summed E-state index contributed by atoms with van der Waals surface area (Å²) in [5.74, 6) is 0.293. The van der Waals surface area contributed by atoms with E-state index in [1.54, 1.807) is 25.4 Å². The minimum atomic E-state index is -0.422. The molecule has 3 aromatic rings. The van der Waals surface area contributed by atoms with Gasteiger partial charge in [0.15, 0.2) is 0 Å². The van der Waals surface area contributed by atoms with Gasteiger partial charge in [0.2, 0.25) is 0 Å². The van der Waals surface area contributed by atoms with Crippen molar-refractivity contribution in [2.45, 2.75) is 13.0 Å². The van der Waals surface area contributed by atoms with E-state index in [9.17, 15) is 10.1 Å². The van der Waals surface area contributed by atoms with Gasteiger partial charge in [-0.05, 0) is 48.4 Å². The maximum absolute atomic E-state index is 12.6. The minimum absolute atomic E-state index is 0.0427. The van der Waals surface area contributed by atoms with Crippen molar-refractivity contribution in [2.24, 2.45) is 0 Å². The Morgan fingerprint density at radius 1 is 1.22 bits per heavy atom. The quantitative estimate of drug-likeness (QED) is 0.553. The highest BCUT2D eigenvalue weighted by Crippen LogP contribution is 2.21. The van der Waals surface area contributed by atoms with Gasteiger partial charge in [-0.3, -0.25) is 9.78 Å². The first-order valence-corrected chi connectivity index (χ1v) is 8.52. The summed E-state index contributed by atoms with van der Waals surface area (Å²) in [6, 6.07) is 18.6. The second-order valence-electron chi connectivity index (χ2n) is 6.06. The number of aromatic nitrogens is 1. The number of nitriles is 1. The SMILES string of the molecule is COc1cccc([C@H](C)NC(=O)/C(C#N)=C/c2ccnc3ccccc23)c1. The van der Waals surface area contributed by atoms with Crippen molar-refractivity contribution in [1.29, 1.82) is 5.26 Å². The summed E-state index contributed by atoms with van der Waals surface area (Å²) in [6.45, 7) is 1.86. The number of nitrogens with zero attached hydrogens (tertiary/aromatic N) is 2. The lowest BCUT2D eigenvalue weighted by atomic mass is 10.0. The van der Waals surface area contributed by atoms with Crippen molar-refractivity contribution >= 4 is 22.9 Å². The van der Waals surface area contributed by atoms with Gasteiger partial charge in [0, 0.05) is 11.6 Å². The predicted molar refractivity (Wildman–Crippen MR) is 105 cm³/mol. The topological polar surface area (TPSA) is 75.0 Å². The van der Waals surface area contributed by atoms with E-state index in [4.69, 9.17) is 4.74 Å². The number of ether oxygens (including phenoxy) is 1. The van der Waals surface area contributed by atoms with Gasteiger partial charge in [0.05, 0.1) is 18.7 Å². The van der Waals surface area contributed by atoms with E-state index in [1.165, 1.54) is 0 Å². The fourth-order valence-electron chi connectivity index (χ4n) is 2.82. The van der Waals surface area contributed by atoms with Crippen molar-refractivity contribution in [2.75, 3.05) is 7.11 Å². The zero-order chi connectivity index (χ0) is 19.2. The molecule has 1 atom stereocenters. The zero-order valence-electron chi connectivity index (χ0n) is 15.1. The number of carbonyl (C=O) groups excluding carboxylic acids is 1. The third-order valence-electron chi connectivity index (χ3n) is 4.29. The molecule has 0 aliphatic rings. The smallest absolute Gasteiger partial charge is 0.262 e. The molecule has 3 rings (SSSR count). The lowest BCUT2D eigenvalue weighted by Crippen LogP contribution is -2.27. The normalized spacial score (nSPS) is 12.3. The van der Waals surface area contributed by atoms with Crippen LogP contribution in [0.25, 0.3) is 17.0 Å². The molecule has 0 radical (unpaired) electrons. The van der Waals surface area contributed by atoms with Crippen molar-refractivity contribution < 1.29 is 9.53 Å². The van der Waals surface area contributed by atoms with Crippen LogP contribution in [0.4, 0.5) is 0 Å². The fourth-order valence-corrected chi connectivity index (χ4v) is 2.82. The molecule has 1 heterocycles. The summed E-state index contributed by atoms with van der Waals surface area (Å²) in [4.78, 5) is 16.9. The van der Waals surface area contributed by atoms with Gasteiger partial charge in [-0.25, -0.2) is 0 Å². The molecular weight excluding hydrogens is 338 g/mol. The first-order valence-electron chi connectivity index (χ1n) is 8.52. The minimum Gasteiger partial charge on any atom is -0.497 e. The number of fused-ring (bicyclic) bond motifs is 1. The van der Waals surface area contributed by atoms with E-state index in [2.05, 4.69) is 10.3 Å². The molecule has 5 nitrogen and oxygen atoms in total. The molecular formula is C22H19N3O2. The van der Waals surface area contributed by atoms with Crippen molar-refractivity contribution in [3.63, 3.8) is 0 Å². The van der Waals surface area contributed by atoms with E-state index in [1.807, 2.05) is 61.5 Å². The molecule has 0 saturated heterocycles. The highest BCUT2D eigenvalue weighted by Gasteiger charge is 2.15. The highest BCUT2D eigenvalue weighted by molar-refractivity contribution is 6.03. The van der Waals surface area contributed by atoms with Crippen LogP contribution in [0.1, 0.15) is 24.1 Å². The van der Waals surface area contributed by atoms with Crippen molar-refractivity contribution in [1.82, 2.24) is 10.3 Å². The van der Waals surface area contributed by atoms with Crippen LogP contribution in [0, 0.1) is 11.3 Å². The Hall–Kier alpha value is -3.65. The standard InChI is InChI=1S/C22H19N3O2/c1-15(16-6-5-7-19(13-16)27-2)25-22(26)18(14-23)12-17-10-11-24-21-9-4-3-8-20(17)21/h3-13,15H,1-2H3,(H,25,26)/b18-12+/t15-/m0/s1. The molecule has 0 unspecified atom stereocenters. The fraction of sp³-hybridized carbons (Fsp3) is 0.136. The molecule has 0 saturated carbocycles. The summed E-state index contributed by atoms with van der Waals surface area (Å²) < 4.78 is 5.22. The van der Waals surface area contributed by atoms with Gasteiger partial charge in [0.1, 0.15) is 17.4 Å². The van der Waals surface area contributed by atoms with Crippen molar-refractivity contribution in [3.8, 4) is 11.8 Å². The predicted octanol–water partition coefficient (Wildman–Crippen LogP) is 4.03. The number of hydrogen-bond donors (Lipinski definition) is 1. The maximum Gasteiger partial charge on any atom is 0.262 e. The Kier molecular flexibility index (Phi) is 5.48. The summed E-state index contributed by atoms with van der Waals surface area (Å²) in [7, 11) is 1.60. The number of methoxy groups -OCH3 is 1. The molecule has 0 aliphatic heterocycles. The van der Waals surface area contributed by atoms with Crippen LogP contribution < -0.4 is 10.1 Å². The Morgan fingerprint density at radius 2 is 2.04 bits per heavy atom. The largest absolute Gasteiger partial charge is 0.497 e. The second kappa shape index (κ2) is 8.15. The number of carbonyl (C=O) groups is 1. The molecule has 0 spiro atoms. The van der Waals surface area contributed by atoms with Crippen LogP contribution in [0.15, 0.2) is 66.4 Å². The molecule has 134 valence electrons. The molecule has 2 aromatic carbocycles. The van der Waals surface area contributed by atoms with Crippen LogP contribution in [0.5, 0.6) is 5.75 Å². The van der Waals surface area contributed by atoms with Crippen molar-refractivity contribution in [3.05, 3.63) is 77.5 Å².